The number of nitrogens with one attached hydrogen (secondary N) is 2. The molecule has 0 saturated carbocycles. The van der Waals surface area contributed by atoms with Crippen LogP contribution in [0.3, 0.4) is 0 Å². The summed E-state index contributed by atoms with van der Waals surface area (Å²) in [7, 11) is 3.37. The summed E-state index contributed by atoms with van der Waals surface area (Å²) < 4.78 is 10.9. The smallest absolute Gasteiger partial charge is 0.248 e. The number of nitrogens with two attached hydrogens (primary N) is 1. The highest BCUT2D eigenvalue weighted by molar-refractivity contribution is 14.0. The van der Waals surface area contributed by atoms with Gasteiger partial charge in [-0.3, -0.25) is 9.79 Å². The molecule has 0 unspecified atom stereocenters. The number of methoxy groups -OCH3 is 1. The maximum atomic E-state index is 11.1. The lowest BCUT2D eigenvalue weighted by molar-refractivity contribution is 0.100. The van der Waals surface area contributed by atoms with E-state index in [9.17, 15) is 4.79 Å². The Morgan fingerprint density at radius 1 is 1.07 bits per heavy atom. The number of ether oxygens (including phenoxy) is 2. The number of rotatable bonds is 9. The van der Waals surface area contributed by atoms with Gasteiger partial charge in [-0.1, -0.05) is 24.3 Å². The Morgan fingerprint density at radius 2 is 1.76 bits per heavy atom. The van der Waals surface area contributed by atoms with Crippen LogP contribution in [0.2, 0.25) is 0 Å². The Balaban J connectivity index is 0.00000420. The van der Waals surface area contributed by atoms with Crippen molar-refractivity contribution in [2.24, 2.45) is 10.7 Å². The minimum atomic E-state index is -0.432. The molecule has 0 radical (unpaired) electrons. The molecule has 2 rings (SSSR count). The van der Waals surface area contributed by atoms with Crippen LogP contribution >= 0.6 is 24.0 Å². The van der Waals surface area contributed by atoms with Gasteiger partial charge in [-0.25, -0.2) is 0 Å². The van der Waals surface area contributed by atoms with Crippen molar-refractivity contribution < 1.29 is 14.3 Å². The van der Waals surface area contributed by atoms with Crippen LogP contribution < -0.4 is 21.1 Å². The van der Waals surface area contributed by atoms with E-state index >= 15 is 0 Å². The first kappa shape index (κ1) is 24.7. The summed E-state index contributed by atoms with van der Waals surface area (Å²) in [5, 5.41) is 6.54. The van der Waals surface area contributed by atoms with Crippen molar-refractivity contribution in [2.45, 2.75) is 20.0 Å². The number of nitrogens with zero attached hydrogens (tertiary/aromatic N) is 1. The molecule has 8 heteroatoms. The van der Waals surface area contributed by atoms with Crippen molar-refractivity contribution in [1.82, 2.24) is 10.6 Å². The molecular formula is C21H29IN4O3. The van der Waals surface area contributed by atoms with Gasteiger partial charge in [0.1, 0.15) is 12.4 Å². The van der Waals surface area contributed by atoms with Crippen LogP contribution in [0.1, 0.15) is 27.0 Å². The van der Waals surface area contributed by atoms with E-state index in [2.05, 4.69) is 21.7 Å². The summed E-state index contributed by atoms with van der Waals surface area (Å²) >= 11 is 0. The minimum Gasteiger partial charge on any atom is -0.491 e. The highest BCUT2D eigenvalue weighted by atomic mass is 127. The first-order valence-electron chi connectivity index (χ1n) is 9.08. The fraction of sp³-hybridized carbons (Fsp3) is 0.333. The predicted molar refractivity (Wildman–Crippen MR) is 126 cm³/mol. The number of halogens is 1. The van der Waals surface area contributed by atoms with Gasteiger partial charge in [-0.2, -0.15) is 0 Å². The van der Waals surface area contributed by atoms with Crippen molar-refractivity contribution in [1.29, 1.82) is 0 Å². The fourth-order valence-corrected chi connectivity index (χ4v) is 2.55. The Hall–Kier alpha value is -2.33. The van der Waals surface area contributed by atoms with Gasteiger partial charge in [0.05, 0.1) is 6.61 Å². The highest BCUT2D eigenvalue weighted by Crippen LogP contribution is 2.20. The molecule has 158 valence electrons. The molecule has 0 aromatic heterocycles. The van der Waals surface area contributed by atoms with E-state index in [-0.39, 0.29) is 24.0 Å². The van der Waals surface area contributed by atoms with Crippen molar-refractivity contribution in [3.05, 3.63) is 64.7 Å². The summed E-state index contributed by atoms with van der Waals surface area (Å²) in [6, 6.07) is 13.3. The molecule has 0 fully saturated rings. The molecule has 0 aliphatic carbocycles. The Bertz CT molecular complexity index is 810. The zero-order chi connectivity index (χ0) is 20.4. The zero-order valence-electron chi connectivity index (χ0n) is 17.0. The maximum Gasteiger partial charge on any atom is 0.248 e. The van der Waals surface area contributed by atoms with Crippen LogP contribution in [0.15, 0.2) is 47.5 Å². The van der Waals surface area contributed by atoms with E-state index in [1.54, 1.807) is 26.3 Å². The SMILES string of the molecule is CN=C(NCc1ccc(C(N)=O)cc1)NCc1ccc(C)cc1OCCOC.I. The van der Waals surface area contributed by atoms with E-state index in [1.165, 1.54) is 0 Å². The molecular weight excluding hydrogens is 483 g/mol. The number of aryl methyl sites for hydroxylation is 1. The van der Waals surface area contributed by atoms with E-state index in [1.807, 2.05) is 31.2 Å². The lowest BCUT2D eigenvalue weighted by Crippen LogP contribution is -2.36. The number of carbonyl (C=O) groups excluding carboxylic acids is 1. The minimum absolute atomic E-state index is 0. The molecule has 2 aromatic carbocycles. The number of aliphatic imine (C=N–C) groups is 1. The fourth-order valence-electron chi connectivity index (χ4n) is 2.55. The van der Waals surface area contributed by atoms with Crippen LogP contribution in [0, 0.1) is 6.92 Å². The summed E-state index contributed by atoms with van der Waals surface area (Å²) in [6.07, 6.45) is 0. The van der Waals surface area contributed by atoms with Gasteiger partial charge in [0.2, 0.25) is 5.91 Å². The third-order valence-electron chi connectivity index (χ3n) is 4.14. The van der Waals surface area contributed by atoms with Crippen molar-refractivity contribution in [3.63, 3.8) is 0 Å². The average Bonchev–Trinajstić information content (AvgIpc) is 2.70. The van der Waals surface area contributed by atoms with Gasteiger partial charge in [-0.05, 0) is 36.2 Å². The second-order valence-electron chi connectivity index (χ2n) is 6.29. The number of benzene rings is 2. The third-order valence-corrected chi connectivity index (χ3v) is 4.14. The first-order valence-corrected chi connectivity index (χ1v) is 9.08. The zero-order valence-corrected chi connectivity index (χ0v) is 19.4. The summed E-state index contributed by atoms with van der Waals surface area (Å²) in [5.74, 6) is 1.07. The molecule has 0 spiro atoms. The molecule has 2 aromatic rings. The van der Waals surface area contributed by atoms with E-state index in [4.69, 9.17) is 15.2 Å². The first-order chi connectivity index (χ1) is 13.5. The van der Waals surface area contributed by atoms with Gasteiger partial charge < -0.3 is 25.8 Å². The molecule has 0 aliphatic heterocycles. The normalized spacial score (nSPS) is 10.8. The number of guanidine groups is 1. The molecule has 0 bridgehead atoms. The third kappa shape index (κ3) is 8.28. The van der Waals surface area contributed by atoms with E-state index in [0.29, 0.717) is 37.8 Å². The lowest BCUT2D eigenvalue weighted by atomic mass is 10.1. The monoisotopic (exact) mass is 512 g/mol. The van der Waals surface area contributed by atoms with Crippen molar-refractivity contribution in [2.75, 3.05) is 27.4 Å². The average molecular weight is 512 g/mol. The highest BCUT2D eigenvalue weighted by Gasteiger charge is 2.06. The second kappa shape index (κ2) is 13.0. The van der Waals surface area contributed by atoms with Gasteiger partial charge in [-0.15, -0.1) is 24.0 Å². The van der Waals surface area contributed by atoms with E-state index < -0.39 is 5.91 Å². The molecule has 0 saturated heterocycles. The Kier molecular flexibility index (Phi) is 11.1. The number of primary amides is 1. The Morgan fingerprint density at radius 3 is 2.38 bits per heavy atom. The number of amides is 1. The van der Waals surface area contributed by atoms with Gasteiger partial charge >= 0.3 is 0 Å². The summed E-state index contributed by atoms with van der Waals surface area (Å²) in [6.45, 7) is 4.22. The summed E-state index contributed by atoms with van der Waals surface area (Å²) in [4.78, 5) is 15.4. The number of carbonyl (C=O) groups is 1. The van der Waals surface area contributed by atoms with Crippen LogP contribution in [0.25, 0.3) is 0 Å². The molecule has 0 heterocycles. The van der Waals surface area contributed by atoms with Crippen molar-refractivity contribution >= 4 is 35.8 Å². The number of hydrogen-bond acceptors (Lipinski definition) is 4. The summed E-state index contributed by atoms with van der Waals surface area (Å²) in [5.41, 5.74) is 8.95. The van der Waals surface area contributed by atoms with Gasteiger partial charge in [0.25, 0.3) is 0 Å². The van der Waals surface area contributed by atoms with Crippen LogP contribution in [-0.4, -0.2) is 39.2 Å². The van der Waals surface area contributed by atoms with Crippen LogP contribution in [0.4, 0.5) is 0 Å². The Labute approximate surface area is 189 Å². The standard InChI is InChI=1S/C21H28N4O3.HI/c1-15-4-7-18(19(12-15)28-11-10-27-3)14-25-21(23-2)24-13-16-5-8-17(9-6-16)20(22)26;/h4-9,12H,10-11,13-14H2,1-3H3,(H2,22,26)(H2,23,24,25);1H. The molecule has 7 nitrogen and oxygen atoms in total. The molecule has 1 amide bonds. The second-order valence-corrected chi connectivity index (χ2v) is 6.29. The molecule has 0 aliphatic rings. The van der Waals surface area contributed by atoms with E-state index in [0.717, 1.165) is 22.4 Å². The number of hydrogen-bond donors (Lipinski definition) is 3. The van der Waals surface area contributed by atoms with Gasteiger partial charge in [0, 0.05) is 38.4 Å². The largest absolute Gasteiger partial charge is 0.491 e. The maximum absolute atomic E-state index is 11.1. The topological polar surface area (TPSA) is 98.0 Å². The predicted octanol–water partition coefficient (Wildman–Crippen LogP) is 2.60. The van der Waals surface area contributed by atoms with Crippen LogP contribution in [-0.2, 0) is 17.8 Å². The quantitative estimate of drug-likeness (QED) is 0.208. The molecule has 0 atom stereocenters. The van der Waals surface area contributed by atoms with Crippen LogP contribution in [0.5, 0.6) is 5.75 Å². The molecule has 4 N–H and O–H groups in total. The molecule has 29 heavy (non-hydrogen) atoms. The lowest BCUT2D eigenvalue weighted by Gasteiger charge is -2.15. The van der Waals surface area contributed by atoms with Crippen molar-refractivity contribution in [3.8, 4) is 5.75 Å². The van der Waals surface area contributed by atoms with Gasteiger partial charge in [0.15, 0.2) is 5.96 Å².